The number of benzene rings is 3. The topological polar surface area (TPSA) is 127 Å². The summed E-state index contributed by atoms with van der Waals surface area (Å²) >= 11 is 0. The van der Waals surface area contributed by atoms with Crippen LogP contribution in [-0.2, 0) is 0 Å². The molecular formula is C21H14N2O6. The lowest BCUT2D eigenvalue weighted by molar-refractivity contribution is -0.384. The molecule has 8 nitrogen and oxygen atoms in total. The van der Waals surface area contributed by atoms with E-state index < -0.39 is 22.6 Å². The maximum Gasteiger partial charge on any atom is 0.336 e. The largest absolute Gasteiger partial charge is 0.478 e. The number of nitro benzene ring substituents is 1. The Morgan fingerprint density at radius 3 is 1.93 bits per heavy atom. The van der Waals surface area contributed by atoms with Crippen molar-refractivity contribution < 1.29 is 24.4 Å². The van der Waals surface area contributed by atoms with Crippen LogP contribution in [0.2, 0.25) is 0 Å². The zero-order valence-corrected chi connectivity index (χ0v) is 14.9. The second kappa shape index (κ2) is 8.13. The number of carboxylic acid groups (broad SMARTS) is 1. The van der Waals surface area contributed by atoms with Gasteiger partial charge in [0.05, 0.1) is 16.2 Å². The zero-order chi connectivity index (χ0) is 21.0. The molecule has 3 rings (SSSR count). The van der Waals surface area contributed by atoms with Crippen LogP contribution in [0, 0.1) is 10.1 Å². The number of carbonyl (C=O) groups is 3. The molecule has 29 heavy (non-hydrogen) atoms. The molecule has 0 spiro atoms. The third kappa shape index (κ3) is 4.16. The van der Waals surface area contributed by atoms with Gasteiger partial charge in [-0.1, -0.05) is 30.3 Å². The Morgan fingerprint density at radius 1 is 0.793 bits per heavy atom. The molecule has 0 unspecified atom stereocenters. The summed E-state index contributed by atoms with van der Waals surface area (Å²) in [5, 5.41) is 22.6. The van der Waals surface area contributed by atoms with Gasteiger partial charge >= 0.3 is 5.97 Å². The van der Waals surface area contributed by atoms with Crippen LogP contribution < -0.4 is 5.32 Å². The average Bonchev–Trinajstić information content (AvgIpc) is 2.73. The molecule has 0 saturated carbocycles. The van der Waals surface area contributed by atoms with Crippen molar-refractivity contribution in [3.8, 4) is 0 Å². The molecule has 0 atom stereocenters. The van der Waals surface area contributed by atoms with Gasteiger partial charge in [-0.15, -0.1) is 0 Å². The summed E-state index contributed by atoms with van der Waals surface area (Å²) in [4.78, 5) is 47.0. The van der Waals surface area contributed by atoms with Crippen molar-refractivity contribution in [2.24, 2.45) is 0 Å². The number of nitro groups is 1. The number of hydrogen-bond donors (Lipinski definition) is 2. The summed E-state index contributed by atoms with van der Waals surface area (Å²) in [6.07, 6.45) is 0. The molecule has 3 aromatic carbocycles. The predicted molar refractivity (Wildman–Crippen MR) is 104 cm³/mol. The van der Waals surface area contributed by atoms with Gasteiger partial charge in [-0.25, -0.2) is 4.79 Å². The van der Waals surface area contributed by atoms with E-state index in [2.05, 4.69) is 5.32 Å². The second-order valence-corrected chi connectivity index (χ2v) is 5.98. The van der Waals surface area contributed by atoms with Crippen LogP contribution in [0.1, 0.15) is 36.6 Å². The highest BCUT2D eigenvalue weighted by Gasteiger charge is 2.20. The summed E-state index contributed by atoms with van der Waals surface area (Å²) in [6.45, 7) is 0. The van der Waals surface area contributed by atoms with Crippen LogP contribution in [0.15, 0.2) is 72.8 Å². The van der Waals surface area contributed by atoms with Gasteiger partial charge in [-0.05, 0) is 30.3 Å². The molecule has 3 aromatic rings. The standard InChI is InChI=1S/C21H14N2O6/c24-19(15-5-1-2-6-16(15)21(26)27)17-7-3-4-8-18(17)22-20(25)13-9-11-14(12-10-13)23(28)29/h1-12H,(H,22,25)(H,26,27). The number of carboxylic acids is 1. The summed E-state index contributed by atoms with van der Waals surface area (Å²) in [6, 6.07) is 17.0. The monoisotopic (exact) mass is 390 g/mol. The van der Waals surface area contributed by atoms with Crippen molar-refractivity contribution in [2.75, 3.05) is 5.32 Å². The van der Waals surface area contributed by atoms with E-state index in [0.29, 0.717) is 0 Å². The van der Waals surface area contributed by atoms with Crippen molar-refractivity contribution in [2.45, 2.75) is 0 Å². The van der Waals surface area contributed by atoms with Gasteiger partial charge < -0.3 is 10.4 Å². The van der Waals surface area contributed by atoms with E-state index in [1.807, 2.05) is 0 Å². The molecule has 0 saturated heterocycles. The lowest BCUT2D eigenvalue weighted by Crippen LogP contribution is -2.16. The molecule has 0 fully saturated rings. The van der Waals surface area contributed by atoms with E-state index in [-0.39, 0.29) is 33.6 Å². The maximum atomic E-state index is 12.9. The molecule has 0 aliphatic heterocycles. The normalized spacial score (nSPS) is 10.2. The lowest BCUT2D eigenvalue weighted by atomic mass is 9.97. The van der Waals surface area contributed by atoms with Gasteiger partial charge in [0.25, 0.3) is 11.6 Å². The molecule has 144 valence electrons. The van der Waals surface area contributed by atoms with Crippen LogP contribution in [0.25, 0.3) is 0 Å². The summed E-state index contributed by atoms with van der Waals surface area (Å²) in [5.41, 5.74) is 0.190. The first-order valence-electron chi connectivity index (χ1n) is 8.40. The Labute approximate surface area is 164 Å². The van der Waals surface area contributed by atoms with Crippen molar-refractivity contribution >= 4 is 29.0 Å². The number of carbonyl (C=O) groups excluding carboxylic acids is 2. The highest BCUT2D eigenvalue weighted by atomic mass is 16.6. The number of para-hydroxylation sites is 1. The fourth-order valence-corrected chi connectivity index (χ4v) is 2.73. The van der Waals surface area contributed by atoms with Crippen LogP contribution in [0.5, 0.6) is 0 Å². The van der Waals surface area contributed by atoms with Gasteiger partial charge in [-0.3, -0.25) is 19.7 Å². The van der Waals surface area contributed by atoms with Gasteiger partial charge in [0.15, 0.2) is 5.78 Å². The second-order valence-electron chi connectivity index (χ2n) is 5.98. The molecule has 0 aromatic heterocycles. The summed E-state index contributed by atoms with van der Waals surface area (Å²) in [5.74, 6) is -2.35. The number of amides is 1. The van der Waals surface area contributed by atoms with Crippen LogP contribution in [0.3, 0.4) is 0 Å². The molecular weight excluding hydrogens is 376 g/mol. The fraction of sp³-hybridized carbons (Fsp3) is 0. The molecule has 0 radical (unpaired) electrons. The van der Waals surface area contributed by atoms with E-state index in [1.54, 1.807) is 18.2 Å². The molecule has 0 heterocycles. The average molecular weight is 390 g/mol. The van der Waals surface area contributed by atoms with E-state index in [4.69, 9.17) is 0 Å². The zero-order valence-electron chi connectivity index (χ0n) is 14.9. The third-order valence-corrected chi connectivity index (χ3v) is 4.16. The van der Waals surface area contributed by atoms with Crippen molar-refractivity contribution in [1.29, 1.82) is 0 Å². The van der Waals surface area contributed by atoms with E-state index >= 15 is 0 Å². The Bertz CT molecular complexity index is 1120. The lowest BCUT2D eigenvalue weighted by Gasteiger charge is -2.11. The van der Waals surface area contributed by atoms with Gasteiger partial charge in [0.1, 0.15) is 0 Å². The Kier molecular flexibility index (Phi) is 5.45. The van der Waals surface area contributed by atoms with Crippen LogP contribution in [-0.4, -0.2) is 27.7 Å². The van der Waals surface area contributed by atoms with Crippen LogP contribution in [0.4, 0.5) is 11.4 Å². The minimum Gasteiger partial charge on any atom is -0.478 e. The number of aromatic carboxylic acids is 1. The molecule has 0 aliphatic carbocycles. The van der Waals surface area contributed by atoms with Gasteiger partial charge in [-0.2, -0.15) is 0 Å². The number of nitrogens with zero attached hydrogens (tertiary/aromatic N) is 1. The minimum absolute atomic E-state index is 0.00275. The first-order chi connectivity index (χ1) is 13.9. The molecule has 1 amide bonds. The smallest absolute Gasteiger partial charge is 0.336 e. The van der Waals surface area contributed by atoms with Gasteiger partial charge in [0, 0.05) is 28.8 Å². The number of hydrogen-bond acceptors (Lipinski definition) is 5. The Morgan fingerprint density at radius 2 is 1.34 bits per heavy atom. The molecule has 8 heteroatoms. The molecule has 2 N–H and O–H groups in total. The first-order valence-corrected chi connectivity index (χ1v) is 8.40. The Balaban J connectivity index is 1.91. The predicted octanol–water partition coefficient (Wildman–Crippen LogP) is 3.78. The minimum atomic E-state index is -1.23. The number of anilines is 1. The maximum absolute atomic E-state index is 12.9. The highest BCUT2D eigenvalue weighted by molar-refractivity contribution is 6.18. The third-order valence-electron chi connectivity index (χ3n) is 4.16. The van der Waals surface area contributed by atoms with Crippen molar-refractivity contribution in [3.05, 3.63) is 105 Å². The number of non-ortho nitro benzene ring substituents is 1. The van der Waals surface area contributed by atoms with Crippen LogP contribution >= 0.6 is 0 Å². The van der Waals surface area contributed by atoms with Crippen molar-refractivity contribution in [1.82, 2.24) is 0 Å². The number of nitrogens with one attached hydrogen (secondary N) is 1. The SMILES string of the molecule is O=C(Nc1ccccc1C(=O)c1ccccc1C(=O)O)c1ccc([N+](=O)[O-])cc1. The van der Waals surface area contributed by atoms with E-state index in [0.717, 1.165) is 0 Å². The fourth-order valence-electron chi connectivity index (χ4n) is 2.73. The molecule has 0 bridgehead atoms. The number of ketones is 1. The van der Waals surface area contributed by atoms with Crippen molar-refractivity contribution in [3.63, 3.8) is 0 Å². The Hall–Kier alpha value is -4.33. The number of rotatable bonds is 6. The van der Waals surface area contributed by atoms with E-state index in [9.17, 15) is 29.6 Å². The first kappa shape index (κ1) is 19.4. The summed E-state index contributed by atoms with van der Waals surface area (Å²) in [7, 11) is 0. The quantitative estimate of drug-likeness (QED) is 0.375. The van der Waals surface area contributed by atoms with Gasteiger partial charge in [0.2, 0.25) is 0 Å². The summed E-state index contributed by atoms with van der Waals surface area (Å²) < 4.78 is 0. The molecule has 0 aliphatic rings. The highest BCUT2D eigenvalue weighted by Crippen LogP contribution is 2.22. The van der Waals surface area contributed by atoms with E-state index in [1.165, 1.54) is 54.6 Å².